The van der Waals surface area contributed by atoms with Crippen LogP contribution in [0.25, 0.3) is 11.5 Å². The predicted molar refractivity (Wildman–Crippen MR) is 140 cm³/mol. The first-order valence-electron chi connectivity index (χ1n) is 12.2. The van der Waals surface area contributed by atoms with Crippen LogP contribution >= 0.6 is 0 Å². The molecule has 1 aliphatic rings. The van der Waals surface area contributed by atoms with Crippen molar-refractivity contribution in [3.8, 4) is 17.2 Å². The van der Waals surface area contributed by atoms with Crippen molar-refractivity contribution in [2.45, 2.75) is 43.6 Å². The van der Waals surface area contributed by atoms with Crippen molar-refractivity contribution in [3.05, 3.63) is 77.6 Å². The van der Waals surface area contributed by atoms with Crippen LogP contribution in [0, 0.1) is 6.92 Å². The number of benzene rings is 2. The fourth-order valence-electron chi connectivity index (χ4n) is 4.66. The van der Waals surface area contributed by atoms with Crippen LogP contribution in [0.1, 0.15) is 41.3 Å². The number of aromatic nitrogens is 3. The quantitative estimate of drug-likeness (QED) is 0.306. The van der Waals surface area contributed by atoms with E-state index in [0.29, 0.717) is 30.4 Å². The molecule has 2 heterocycles. The van der Waals surface area contributed by atoms with Gasteiger partial charge in [-0.15, -0.1) is 0 Å². The van der Waals surface area contributed by atoms with Gasteiger partial charge in [0, 0.05) is 30.9 Å². The lowest BCUT2D eigenvalue weighted by Gasteiger charge is -2.10. The van der Waals surface area contributed by atoms with Gasteiger partial charge in [-0.05, 0) is 73.2 Å². The molecule has 4 aromatic rings. The number of oxazole rings is 1. The van der Waals surface area contributed by atoms with E-state index in [1.807, 2.05) is 25.1 Å². The predicted octanol–water partition coefficient (Wildman–Crippen LogP) is 4.31. The number of carbonyl (C=O) groups is 1. The molecular formula is C27H28N4O6S. The van der Waals surface area contributed by atoms with Crippen LogP contribution in [0.2, 0.25) is 0 Å². The number of carboxylic acid groups (broad SMARTS) is 1. The molecule has 1 aliphatic carbocycles. The summed E-state index contributed by atoms with van der Waals surface area (Å²) in [5.41, 5.74) is 4.16. The fourth-order valence-corrected chi connectivity index (χ4v) is 5.70. The summed E-state index contributed by atoms with van der Waals surface area (Å²) >= 11 is 0. The first kappa shape index (κ1) is 25.5. The van der Waals surface area contributed by atoms with Gasteiger partial charge in [0.15, 0.2) is 5.03 Å². The summed E-state index contributed by atoms with van der Waals surface area (Å²) in [6.45, 7) is 2.26. The van der Waals surface area contributed by atoms with E-state index in [4.69, 9.17) is 14.3 Å². The molecule has 11 heteroatoms. The maximum absolute atomic E-state index is 12.5. The average Bonchev–Trinajstić information content (AvgIpc) is 3.58. The van der Waals surface area contributed by atoms with Crippen molar-refractivity contribution in [2.75, 3.05) is 11.3 Å². The molecule has 38 heavy (non-hydrogen) atoms. The fraction of sp³-hybridized carbons (Fsp3) is 0.296. The molecule has 0 aliphatic heterocycles. The van der Waals surface area contributed by atoms with Crippen molar-refractivity contribution in [2.24, 2.45) is 7.05 Å². The lowest BCUT2D eigenvalue weighted by molar-refractivity contribution is -0.137. The third-order valence-electron chi connectivity index (χ3n) is 6.58. The van der Waals surface area contributed by atoms with E-state index < -0.39 is 16.0 Å². The van der Waals surface area contributed by atoms with Gasteiger partial charge in [0.05, 0.1) is 25.0 Å². The van der Waals surface area contributed by atoms with E-state index in [9.17, 15) is 13.2 Å². The van der Waals surface area contributed by atoms with E-state index in [2.05, 4.69) is 14.7 Å². The number of aliphatic carboxylic acids is 1. The summed E-state index contributed by atoms with van der Waals surface area (Å²) in [7, 11) is -2.07. The second kappa shape index (κ2) is 10.3. The highest BCUT2D eigenvalue weighted by atomic mass is 32.2. The van der Waals surface area contributed by atoms with Crippen molar-refractivity contribution in [1.82, 2.24) is 14.5 Å². The lowest BCUT2D eigenvalue weighted by atomic mass is 9.98. The van der Waals surface area contributed by atoms with Gasteiger partial charge in [0.2, 0.25) is 5.89 Å². The van der Waals surface area contributed by atoms with Gasteiger partial charge in [-0.25, -0.2) is 9.97 Å². The topological polar surface area (TPSA) is 137 Å². The van der Waals surface area contributed by atoms with Gasteiger partial charge in [-0.3, -0.25) is 9.52 Å². The summed E-state index contributed by atoms with van der Waals surface area (Å²) in [5.74, 6) is 1.19. The highest BCUT2D eigenvalue weighted by molar-refractivity contribution is 7.92. The number of fused-ring (bicyclic) bond motifs is 1. The minimum atomic E-state index is -3.78. The zero-order chi connectivity index (χ0) is 26.9. The molecular weight excluding hydrogens is 508 g/mol. The van der Waals surface area contributed by atoms with Crippen LogP contribution in [0.5, 0.6) is 5.75 Å². The lowest BCUT2D eigenvalue weighted by Crippen LogP contribution is -2.13. The van der Waals surface area contributed by atoms with Gasteiger partial charge in [0.25, 0.3) is 10.0 Å². The molecule has 2 aromatic heterocycles. The van der Waals surface area contributed by atoms with E-state index in [1.54, 1.807) is 35.9 Å². The summed E-state index contributed by atoms with van der Waals surface area (Å²) < 4.78 is 40.8. The number of anilines is 1. The first-order chi connectivity index (χ1) is 18.2. The minimum absolute atomic E-state index is 0.0541. The molecule has 0 fully saturated rings. The second-order valence-corrected chi connectivity index (χ2v) is 11.0. The maximum atomic E-state index is 12.5. The molecule has 0 amide bonds. The zero-order valence-electron chi connectivity index (χ0n) is 21.0. The zero-order valence-corrected chi connectivity index (χ0v) is 21.9. The Labute approximate surface area is 220 Å². The first-order valence-corrected chi connectivity index (χ1v) is 13.7. The second-order valence-electron chi connectivity index (χ2n) is 9.37. The summed E-state index contributed by atoms with van der Waals surface area (Å²) in [6, 6.07) is 12.6. The molecule has 0 saturated carbocycles. The summed E-state index contributed by atoms with van der Waals surface area (Å²) in [4.78, 5) is 19.6. The van der Waals surface area contributed by atoms with Crippen LogP contribution in [0.4, 0.5) is 5.69 Å². The Hall–Kier alpha value is -4.12. The standard InChI is InChI=1S/C27H28N4O6S/c1-17-24(11-12-36-22-9-10-23-19(13-22)3-4-20(23)14-26(32)33)29-27(37-17)18-5-7-21(8-6-18)30-38(34,35)25-15-31(2)16-28-25/h5-10,13,15-16,20,30H,3-4,11-12,14H2,1-2H3,(H,32,33)/t20-/m0/s1. The van der Waals surface area contributed by atoms with E-state index in [0.717, 1.165) is 41.0 Å². The molecule has 10 nitrogen and oxygen atoms in total. The number of rotatable bonds is 10. The molecule has 2 N–H and O–H groups in total. The van der Waals surface area contributed by atoms with Gasteiger partial charge in [0.1, 0.15) is 11.5 Å². The third kappa shape index (κ3) is 5.57. The number of hydrogen-bond acceptors (Lipinski definition) is 7. The van der Waals surface area contributed by atoms with Crippen molar-refractivity contribution >= 4 is 21.7 Å². The highest BCUT2D eigenvalue weighted by Crippen LogP contribution is 2.37. The molecule has 0 spiro atoms. The Bertz CT molecular complexity index is 1570. The smallest absolute Gasteiger partial charge is 0.303 e. The number of nitrogens with one attached hydrogen (secondary N) is 1. The Morgan fingerprint density at radius 3 is 2.74 bits per heavy atom. The minimum Gasteiger partial charge on any atom is -0.493 e. The monoisotopic (exact) mass is 536 g/mol. The van der Waals surface area contributed by atoms with Crippen LogP contribution in [0.15, 0.2) is 64.4 Å². The molecule has 0 bridgehead atoms. The number of imidazole rings is 1. The van der Waals surface area contributed by atoms with Crippen LogP contribution in [-0.2, 0) is 34.7 Å². The Balaban J connectivity index is 1.19. The number of nitrogens with zero attached hydrogens (tertiary/aromatic N) is 3. The van der Waals surface area contributed by atoms with Crippen molar-refractivity contribution < 1.29 is 27.5 Å². The molecule has 0 saturated heterocycles. The number of sulfonamides is 1. The Kier molecular flexibility index (Phi) is 6.94. The van der Waals surface area contributed by atoms with Gasteiger partial charge in [-0.2, -0.15) is 8.42 Å². The summed E-state index contributed by atoms with van der Waals surface area (Å²) in [5, 5.41) is 9.05. The van der Waals surface area contributed by atoms with Crippen molar-refractivity contribution in [3.63, 3.8) is 0 Å². The van der Waals surface area contributed by atoms with Gasteiger partial charge in [-0.1, -0.05) is 6.07 Å². The van der Waals surface area contributed by atoms with E-state index >= 15 is 0 Å². The maximum Gasteiger partial charge on any atom is 0.303 e. The largest absolute Gasteiger partial charge is 0.493 e. The normalized spacial score (nSPS) is 14.8. The Morgan fingerprint density at radius 1 is 1.24 bits per heavy atom. The molecule has 1 atom stereocenters. The number of hydrogen-bond donors (Lipinski definition) is 2. The SMILES string of the molecule is Cc1oc(-c2ccc(NS(=O)(=O)c3cn(C)cn3)cc2)nc1CCOc1ccc2c(c1)CC[C@H]2CC(=O)O. The molecule has 198 valence electrons. The Morgan fingerprint density at radius 2 is 2.03 bits per heavy atom. The van der Waals surface area contributed by atoms with E-state index in [-0.39, 0.29) is 17.4 Å². The molecule has 0 radical (unpaired) electrons. The summed E-state index contributed by atoms with van der Waals surface area (Å²) in [6.07, 6.45) is 5.28. The number of ether oxygens (including phenoxy) is 1. The van der Waals surface area contributed by atoms with Gasteiger partial charge >= 0.3 is 5.97 Å². The number of aryl methyl sites for hydroxylation is 3. The van der Waals surface area contributed by atoms with Crippen molar-refractivity contribution in [1.29, 1.82) is 0 Å². The highest BCUT2D eigenvalue weighted by Gasteiger charge is 2.25. The molecule has 5 rings (SSSR count). The number of carboxylic acids is 1. The molecule has 2 aromatic carbocycles. The van der Waals surface area contributed by atoms with Gasteiger partial charge < -0.3 is 18.8 Å². The van der Waals surface area contributed by atoms with Crippen LogP contribution in [0.3, 0.4) is 0 Å². The average molecular weight is 537 g/mol. The van der Waals surface area contributed by atoms with Crippen LogP contribution in [-0.4, -0.2) is 40.6 Å². The molecule has 0 unspecified atom stereocenters. The van der Waals surface area contributed by atoms with E-state index in [1.165, 1.54) is 12.5 Å². The third-order valence-corrected chi connectivity index (χ3v) is 7.84. The van der Waals surface area contributed by atoms with Crippen LogP contribution < -0.4 is 9.46 Å².